The third-order valence-corrected chi connectivity index (χ3v) is 2.75. The summed E-state index contributed by atoms with van der Waals surface area (Å²) in [5.74, 6) is -0.868. The van der Waals surface area contributed by atoms with Crippen LogP contribution in [0, 0.1) is 0 Å². The fraction of sp³-hybridized carbons (Fsp3) is 0.429. The SMILES string of the molecule is CCOc1ccc(C(=O)N[C@@H](CCO)C(=O)O)cc1OC. The third kappa shape index (κ3) is 4.64. The Labute approximate surface area is 122 Å². The van der Waals surface area contributed by atoms with E-state index in [1.807, 2.05) is 6.92 Å². The molecule has 0 saturated heterocycles. The van der Waals surface area contributed by atoms with Gasteiger partial charge in [0.15, 0.2) is 11.5 Å². The summed E-state index contributed by atoms with van der Waals surface area (Å²) in [5.41, 5.74) is 0.250. The Hall–Kier alpha value is -2.28. The predicted octanol–water partition coefficient (Wildman–Crippen LogP) is 0.659. The first kappa shape index (κ1) is 16.8. The first-order valence-corrected chi connectivity index (χ1v) is 6.48. The summed E-state index contributed by atoms with van der Waals surface area (Å²) in [7, 11) is 1.45. The number of rotatable bonds is 8. The Morgan fingerprint density at radius 3 is 2.57 bits per heavy atom. The second-order valence-electron chi connectivity index (χ2n) is 4.18. The number of carbonyl (C=O) groups is 2. The Balaban J connectivity index is 2.89. The topological polar surface area (TPSA) is 105 Å². The summed E-state index contributed by atoms with van der Waals surface area (Å²) in [6, 6.07) is 3.43. The van der Waals surface area contributed by atoms with Crippen LogP contribution >= 0.6 is 0 Å². The zero-order valence-corrected chi connectivity index (χ0v) is 12.0. The van der Waals surface area contributed by atoms with Crippen LogP contribution in [-0.2, 0) is 4.79 Å². The number of aliphatic carboxylic acids is 1. The van der Waals surface area contributed by atoms with Gasteiger partial charge >= 0.3 is 5.97 Å². The number of benzene rings is 1. The number of hydrogen-bond acceptors (Lipinski definition) is 5. The lowest BCUT2D eigenvalue weighted by atomic mass is 10.1. The van der Waals surface area contributed by atoms with Crippen molar-refractivity contribution in [1.29, 1.82) is 0 Å². The molecule has 1 rings (SSSR count). The number of hydrogen-bond donors (Lipinski definition) is 3. The third-order valence-electron chi connectivity index (χ3n) is 2.75. The molecule has 0 bridgehead atoms. The average molecular weight is 297 g/mol. The Kier molecular flexibility index (Phi) is 6.48. The van der Waals surface area contributed by atoms with Gasteiger partial charge in [0.2, 0.25) is 0 Å². The van der Waals surface area contributed by atoms with Gasteiger partial charge in [-0.15, -0.1) is 0 Å². The van der Waals surface area contributed by atoms with Crippen LogP contribution in [0.4, 0.5) is 0 Å². The van der Waals surface area contributed by atoms with Gasteiger partial charge in [0.25, 0.3) is 5.91 Å². The lowest BCUT2D eigenvalue weighted by Crippen LogP contribution is -2.41. The smallest absolute Gasteiger partial charge is 0.326 e. The second kappa shape index (κ2) is 8.11. The van der Waals surface area contributed by atoms with Crippen LogP contribution in [-0.4, -0.2) is 48.5 Å². The van der Waals surface area contributed by atoms with Crippen molar-refractivity contribution < 1.29 is 29.3 Å². The van der Waals surface area contributed by atoms with Crippen molar-refractivity contribution in [1.82, 2.24) is 5.32 Å². The highest BCUT2D eigenvalue weighted by Crippen LogP contribution is 2.28. The monoisotopic (exact) mass is 297 g/mol. The normalized spacial score (nSPS) is 11.6. The zero-order valence-electron chi connectivity index (χ0n) is 12.0. The molecule has 1 atom stereocenters. The first-order chi connectivity index (χ1) is 10.0. The van der Waals surface area contributed by atoms with Crippen LogP contribution in [0.1, 0.15) is 23.7 Å². The molecule has 0 aliphatic carbocycles. The Morgan fingerprint density at radius 2 is 2.05 bits per heavy atom. The minimum atomic E-state index is -1.20. The van der Waals surface area contributed by atoms with Gasteiger partial charge in [-0.05, 0) is 25.1 Å². The molecule has 7 nitrogen and oxygen atoms in total. The summed E-state index contributed by atoms with van der Waals surface area (Å²) >= 11 is 0. The van der Waals surface area contributed by atoms with E-state index in [9.17, 15) is 9.59 Å². The van der Waals surface area contributed by atoms with Gasteiger partial charge in [-0.3, -0.25) is 4.79 Å². The maximum atomic E-state index is 12.0. The number of carboxylic acid groups (broad SMARTS) is 1. The highest BCUT2D eigenvalue weighted by atomic mass is 16.5. The number of nitrogens with one attached hydrogen (secondary N) is 1. The Bertz CT molecular complexity index is 502. The molecule has 3 N–H and O–H groups in total. The van der Waals surface area contributed by atoms with Crippen LogP contribution in [0.5, 0.6) is 11.5 Å². The molecule has 21 heavy (non-hydrogen) atoms. The van der Waals surface area contributed by atoms with Crippen molar-refractivity contribution >= 4 is 11.9 Å². The largest absolute Gasteiger partial charge is 0.493 e. The molecule has 1 aromatic rings. The predicted molar refractivity (Wildman–Crippen MR) is 74.8 cm³/mol. The maximum Gasteiger partial charge on any atom is 0.326 e. The summed E-state index contributed by atoms with van der Waals surface area (Å²) in [6.07, 6.45) is -0.0603. The van der Waals surface area contributed by atoms with Gasteiger partial charge in [-0.2, -0.15) is 0 Å². The summed E-state index contributed by atoms with van der Waals surface area (Å²) < 4.78 is 10.5. The van der Waals surface area contributed by atoms with Crippen LogP contribution in [0.3, 0.4) is 0 Å². The molecule has 0 saturated carbocycles. The van der Waals surface area contributed by atoms with Gasteiger partial charge in [-0.25, -0.2) is 4.79 Å². The van der Waals surface area contributed by atoms with Crippen molar-refractivity contribution in [3.05, 3.63) is 23.8 Å². The maximum absolute atomic E-state index is 12.0. The van der Waals surface area contributed by atoms with Gasteiger partial charge in [0.1, 0.15) is 6.04 Å². The van der Waals surface area contributed by atoms with Crippen molar-refractivity contribution in [3.63, 3.8) is 0 Å². The lowest BCUT2D eigenvalue weighted by Gasteiger charge is -2.14. The summed E-state index contributed by atoms with van der Waals surface area (Å²) in [5, 5.41) is 20.1. The molecule has 0 aliphatic rings. The molecule has 0 radical (unpaired) electrons. The van der Waals surface area contributed by atoms with Crippen molar-refractivity contribution in [3.8, 4) is 11.5 Å². The fourth-order valence-electron chi connectivity index (χ4n) is 1.71. The van der Waals surface area contributed by atoms with E-state index in [2.05, 4.69) is 5.32 Å². The highest BCUT2D eigenvalue weighted by molar-refractivity contribution is 5.97. The number of methoxy groups -OCH3 is 1. The van der Waals surface area contributed by atoms with E-state index in [0.717, 1.165) is 0 Å². The number of amides is 1. The van der Waals surface area contributed by atoms with E-state index in [1.165, 1.54) is 19.2 Å². The summed E-state index contributed by atoms with van der Waals surface area (Å²) in [4.78, 5) is 23.0. The van der Waals surface area contributed by atoms with Crippen molar-refractivity contribution in [2.45, 2.75) is 19.4 Å². The number of carbonyl (C=O) groups excluding carboxylic acids is 1. The number of ether oxygens (including phenoxy) is 2. The molecule has 0 spiro atoms. The van der Waals surface area contributed by atoms with Crippen LogP contribution in [0.25, 0.3) is 0 Å². The molecule has 0 aromatic heterocycles. The molecule has 0 unspecified atom stereocenters. The quantitative estimate of drug-likeness (QED) is 0.651. The molecule has 0 heterocycles. The van der Waals surface area contributed by atoms with Crippen LogP contribution < -0.4 is 14.8 Å². The van der Waals surface area contributed by atoms with Crippen molar-refractivity contribution in [2.24, 2.45) is 0 Å². The molecular weight excluding hydrogens is 278 g/mol. The highest BCUT2D eigenvalue weighted by Gasteiger charge is 2.20. The van der Waals surface area contributed by atoms with Gasteiger partial charge in [0.05, 0.1) is 13.7 Å². The minimum absolute atomic E-state index is 0.0603. The van der Waals surface area contributed by atoms with Gasteiger partial charge < -0.3 is 25.0 Å². The van der Waals surface area contributed by atoms with E-state index >= 15 is 0 Å². The van der Waals surface area contributed by atoms with E-state index in [4.69, 9.17) is 19.7 Å². The molecule has 1 amide bonds. The van der Waals surface area contributed by atoms with E-state index in [0.29, 0.717) is 18.1 Å². The second-order valence-corrected chi connectivity index (χ2v) is 4.18. The standard InChI is InChI=1S/C14H19NO6/c1-3-21-11-5-4-9(8-12(11)20-2)13(17)15-10(6-7-16)14(18)19/h4-5,8,10,16H,3,6-7H2,1-2H3,(H,15,17)(H,18,19)/t10-/m0/s1. The minimum Gasteiger partial charge on any atom is -0.493 e. The fourth-order valence-corrected chi connectivity index (χ4v) is 1.71. The average Bonchev–Trinajstić information content (AvgIpc) is 2.47. The lowest BCUT2D eigenvalue weighted by molar-refractivity contribution is -0.139. The van der Waals surface area contributed by atoms with Gasteiger partial charge in [0, 0.05) is 18.6 Å². The molecule has 7 heteroatoms. The molecule has 0 fully saturated rings. The number of aliphatic hydroxyl groups is 1. The van der Waals surface area contributed by atoms with E-state index < -0.39 is 17.9 Å². The molecule has 1 aromatic carbocycles. The molecular formula is C14H19NO6. The van der Waals surface area contributed by atoms with Crippen molar-refractivity contribution in [2.75, 3.05) is 20.3 Å². The van der Waals surface area contributed by atoms with Crippen LogP contribution in [0.2, 0.25) is 0 Å². The first-order valence-electron chi connectivity index (χ1n) is 6.48. The molecule has 116 valence electrons. The number of aliphatic hydroxyl groups excluding tert-OH is 1. The molecule has 0 aliphatic heterocycles. The Morgan fingerprint density at radius 1 is 1.33 bits per heavy atom. The van der Waals surface area contributed by atoms with E-state index in [-0.39, 0.29) is 18.6 Å². The zero-order chi connectivity index (χ0) is 15.8. The number of carboxylic acids is 1. The van der Waals surface area contributed by atoms with Gasteiger partial charge in [-0.1, -0.05) is 0 Å². The van der Waals surface area contributed by atoms with E-state index in [1.54, 1.807) is 6.07 Å². The van der Waals surface area contributed by atoms with Crippen LogP contribution in [0.15, 0.2) is 18.2 Å². The summed E-state index contributed by atoms with van der Waals surface area (Å²) in [6.45, 7) is 1.95.